The normalized spacial score (nSPS) is 14.4. The topological polar surface area (TPSA) is 0 Å². The highest BCUT2D eigenvalue weighted by molar-refractivity contribution is 6.30. The number of halogens is 1. The van der Waals surface area contributed by atoms with Gasteiger partial charge < -0.3 is 0 Å². The highest BCUT2D eigenvalue weighted by Crippen LogP contribution is 2.35. The van der Waals surface area contributed by atoms with Gasteiger partial charge in [-0.25, -0.2) is 0 Å². The van der Waals surface area contributed by atoms with Crippen LogP contribution >= 0.6 is 11.6 Å². The number of hydrogen-bond donors (Lipinski definition) is 0. The van der Waals surface area contributed by atoms with Crippen molar-refractivity contribution in [3.05, 3.63) is 63.7 Å². The lowest BCUT2D eigenvalue weighted by atomic mass is 9.83. The van der Waals surface area contributed by atoms with E-state index < -0.39 is 0 Å². The van der Waals surface area contributed by atoms with E-state index in [1.165, 1.54) is 53.5 Å². The van der Waals surface area contributed by atoms with Crippen LogP contribution in [0.25, 0.3) is 5.57 Å². The molecule has 0 amide bonds. The zero-order valence-corrected chi connectivity index (χ0v) is 20.5. The monoisotopic (exact) mass is 414 g/mol. The molecule has 0 heterocycles. The van der Waals surface area contributed by atoms with Gasteiger partial charge in [0.05, 0.1) is 0 Å². The molecular weight excluding hydrogens is 372 g/mol. The Bertz CT molecular complexity index is 690. The lowest BCUT2D eigenvalue weighted by molar-refractivity contribution is 0.725. The van der Waals surface area contributed by atoms with E-state index in [0.29, 0.717) is 5.92 Å². The minimum atomic E-state index is 0.425. The van der Waals surface area contributed by atoms with Crippen LogP contribution in [-0.4, -0.2) is 0 Å². The van der Waals surface area contributed by atoms with Crippen molar-refractivity contribution in [1.82, 2.24) is 0 Å². The van der Waals surface area contributed by atoms with Crippen LogP contribution in [0.5, 0.6) is 0 Å². The van der Waals surface area contributed by atoms with Crippen LogP contribution in [0.4, 0.5) is 0 Å². The molecule has 29 heavy (non-hydrogen) atoms. The molecule has 1 heteroatoms. The molecule has 0 nitrogen and oxygen atoms in total. The Hall–Kier alpha value is -1.27. The molecule has 0 N–H and O–H groups in total. The molecule has 0 saturated carbocycles. The van der Waals surface area contributed by atoms with Crippen LogP contribution in [-0.2, 0) is 6.42 Å². The van der Waals surface area contributed by atoms with Gasteiger partial charge in [0.2, 0.25) is 0 Å². The summed E-state index contributed by atoms with van der Waals surface area (Å²) in [4.78, 5) is 0. The van der Waals surface area contributed by atoms with Crippen LogP contribution < -0.4 is 0 Å². The third-order valence-electron chi connectivity index (χ3n) is 5.79. The lowest BCUT2D eigenvalue weighted by Crippen LogP contribution is -2.05. The number of aryl methyl sites for hydroxylation is 1. The zero-order chi connectivity index (χ0) is 21.6. The minimum absolute atomic E-state index is 0.425. The molecule has 0 radical (unpaired) electrons. The maximum Gasteiger partial charge on any atom is 0.0412 e. The van der Waals surface area contributed by atoms with Crippen LogP contribution in [0.2, 0.25) is 5.02 Å². The maximum absolute atomic E-state index is 6.46. The number of rotatable bonds is 13. The first-order valence-corrected chi connectivity index (χ1v) is 12.2. The van der Waals surface area contributed by atoms with E-state index in [2.05, 4.69) is 78.0 Å². The van der Waals surface area contributed by atoms with Gasteiger partial charge in [-0.05, 0) is 73.4 Å². The van der Waals surface area contributed by atoms with Gasteiger partial charge in [-0.1, -0.05) is 102 Å². The molecule has 0 fully saturated rings. The Morgan fingerprint density at radius 2 is 1.79 bits per heavy atom. The Morgan fingerprint density at radius 1 is 1.03 bits per heavy atom. The second kappa shape index (κ2) is 14.7. The molecule has 0 aromatic heterocycles. The van der Waals surface area contributed by atoms with Gasteiger partial charge >= 0.3 is 0 Å². The fraction of sp³-hybridized carbons (Fsp3) is 0.571. The van der Waals surface area contributed by atoms with Gasteiger partial charge in [0.15, 0.2) is 0 Å². The fourth-order valence-electron chi connectivity index (χ4n) is 3.88. The van der Waals surface area contributed by atoms with E-state index >= 15 is 0 Å². The summed E-state index contributed by atoms with van der Waals surface area (Å²) in [5, 5.41) is 0.848. The SMILES string of the molecule is CC/C=C/C(=C\CCC)C(C)/C(C)=C(\CCCCC)c1cc(Cl)ccc1CCC. The largest absolute Gasteiger partial charge is 0.0845 e. The maximum atomic E-state index is 6.46. The minimum Gasteiger partial charge on any atom is -0.0845 e. The molecule has 0 aliphatic rings. The molecule has 0 spiro atoms. The van der Waals surface area contributed by atoms with Gasteiger partial charge in [0.1, 0.15) is 0 Å². The van der Waals surface area contributed by atoms with Crippen molar-refractivity contribution in [3.63, 3.8) is 0 Å². The molecule has 1 aromatic carbocycles. The first-order valence-electron chi connectivity index (χ1n) is 11.8. The van der Waals surface area contributed by atoms with Gasteiger partial charge in [-0.15, -0.1) is 0 Å². The van der Waals surface area contributed by atoms with Gasteiger partial charge in [-0.3, -0.25) is 0 Å². The van der Waals surface area contributed by atoms with E-state index in [1.54, 1.807) is 0 Å². The first kappa shape index (κ1) is 25.8. The van der Waals surface area contributed by atoms with E-state index in [4.69, 9.17) is 11.6 Å². The van der Waals surface area contributed by atoms with E-state index in [-0.39, 0.29) is 0 Å². The molecule has 0 aliphatic carbocycles. The molecule has 0 aliphatic heterocycles. The molecule has 1 unspecified atom stereocenters. The Labute approximate surface area is 186 Å². The molecular formula is C28H43Cl. The Kier molecular flexibility index (Phi) is 13.0. The van der Waals surface area contributed by atoms with E-state index in [0.717, 1.165) is 37.1 Å². The van der Waals surface area contributed by atoms with Crippen molar-refractivity contribution in [2.75, 3.05) is 0 Å². The van der Waals surface area contributed by atoms with Crippen molar-refractivity contribution in [2.45, 2.75) is 99.3 Å². The summed E-state index contributed by atoms with van der Waals surface area (Å²) in [6, 6.07) is 6.50. The highest BCUT2D eigenvalue weighted by atomic mass is 35.5. The molecule has 162 valence electrons. The summed E-state index contributed by atoms with van der Waals surface area (Å²) < 4.78 is 0. The van der Waals surface area contributed by atoms with Crippen LogP contribution in [0.3, 0.4) is 0 Å². The summed E-state index contributed by atoms with van der Waals surface area (Å²) >= 11 is 6.46. The van der Waals surface area contributed by atoms with Crippen molar-refractivity contribution in [1.29, 1.82) is 0 Å². The molecule has 1 atom stereocenters. The first-order chi connectivity index (χ1) is 14.0. The van der Waals surface area contributed by atoms with Crippen molar-refractivity contribution >= 4 is 17.2 Å². The summed E-state index contributed by atoms with van der Waals surface area (Å²) in [7, 11) is 0. The van der Waals surface area contributed by atoms with E-state index in [9.17, 15) is 0 Å². The number of unbranched alkanes of at least 4 members (excludes halogenated alkanes) is 3. The van der Waals surface area contributed by atoms with Gasteiger partial charge in [-0.2, -0.15) is 0 Å². The smallest absolute Gasteiger partial charge is 0.0412 e. The summed E-state index contributed by atoms with van der Waals surface area (Å²) in [5.74, 6) is 0.425. The second-order valence-electron chi connectivity index (χ2n) is 8.20. The Morgan fingerprint density at radius 3 is 2.41 bits per heavy atom. The number of hydrogen-bond acceptors (Lipinski definition) is 0. The predicted molar refractivity (Wildman–Crippen MR) is 134 cm³/mol. The Balaban J connectivity index is 3.48. The standard InChI is InChI=1S/C28H43Cl/c1-7-11-14-18-27(28-21-26(29)20-19-25(28)15-10-4)23(6)22(5)24(16-12-8-2)17-13-9-3/h12,16-17,19-22H,7-11,13-15,18H2,1-6H3/b16-12+,24-17+,27-23+. The molecule has 0 bridgehead atoms. The van der Waals surface area contributed by atoms with Crippen LogP contribution in [0.1, 0.15) is 104 Å². The number of allylic oxidation sites excluding steroid dienone is 6. The van der Waals surface area contributed by atoms with Crippen LogP contribution in [0.15, 0.2) is 47.6 Å². The highest BCUT2D eigenvalue weighted by Gasteiger charge is 2.17. The van der Waals surface area contributed by atoms with Gasteiger partial charge in [0.25, 0.3) is 0 Å². The lowest BCUT2D eigenvalue weighted by Gasteiger charge is -2.22. The third kappa shape index (κ3) is 8.55. The molecule has 1 aromatic rings. The average Bonchev–Trinajstić information content (AvgIpc) is 2.72. The quantitative estimate of drug-likeness (QED) is 0.222. The summed E-state index contributed by atoms with van der Waals surface area (Å²) in [6.07, 6.45) is 17.7. The van der Waals surface area contributed by atoms with Crippen LogP contribution in [0, 0.1) is 5.92 Å². The number of benzene rings is 1. The molecule has 1 rings (SSSR count). The second-order valence-corrected chi connectivity index (χ2v) is 8.63. The predicted octanol–water partition coefficient (Wildman–Crippen LogP) is 9.98. The van der Waals surface area contributed by atoms with Crippen molar-refractivity contribution in [2.24, 2.45) is 5.92 Å². The summed E-state index contributed by atoms with van der Waals surface area (Å²) in [6.45, 7) is 13.7. The van der Waals surface area contributed by atoms with Crippen molar-refractivity contribution in [3.8, 4) is 0 Å². The van der Waals surface area contributed by atoms with Gasteiger partial charge in [0, 0.05) is 10.9 Å². The zero-order valence-electron chi connectivity index (χ0n) is 19.8. The summed E-state index contributed by atoms with van der Waals surface area (Å²) in [5.41, 5.74) is 7.30. The van der Waals surface area contributed by atoms with E-state index in [1.807, 2.05) is 0 Å². The average molecular weight is 415 g/mol. The third-order valence-corrected chi connectivity index (χ3v) is 6.02. The fourth-order valence-corrected chi connectivity index (χ4v) is 4.05. The molecule has 0 saturated heterocycles. The van der Waals surface area contributed by atoms with Crippen molar-refractivity contribution < 1.29 is 0 Å².